The lowest BCUT2D eigenvalue weighted by atomic mass is 10.1. The molecule has 0 N–H and O–H groups in total. The van der Waals surface area contributed by atoms with Crippen LogP contribution in [0.2, 0.25) is 0 Å². The van der Waals surface area contributed by atoms with E-state index in [1.165, 1.54) is 5.56 Å². The fraction of sp³-hybridized carbons (Fsp3) is 0.391. The van der Waals surface area contributed by atoms with E-state index < -0.39 is 0 Å². The highest BCUT2D eigenvalue weighted by atomic mass is 32.2. The van der Waals surface area contributed by atoms with Crippen molar-refractivity contribution in [3.8, 4) is 11.5 Å². The minimum absolute atomic E-state index is 0.611. The Morgan fingerprint density at radius 2 is 1.62 bits per heavy atom. The van der Waals surface area contributed by atoms with Crippen LogP contribution in [-0.2, 0) is 6.54 Å². The molecule has 0 atom stereocenters. The number of aromatic nitrogens is 2. The molecule has 2 heterocycles. The quantitative estimate of drug-likeness (QED) is 0.408. The van der Waals surface area contributed by atoms with Crippen LogP contribution in [0.25, 0.3) is 11.5 Å². The second kappa shape index (κ2) is 10.1. The summed E-state index contributed by atoms with van der Waals surface area (Å²) in [5.74, 6) is 1.61. The van der Waals surface area contributed by atoms with E-state index in [0.29, 0.717) is 11.1 Å². The van der Waals surface area contributed by atoms with Gasteiger partial charge in [-0.05, 0) is 37.1 Å². The molecule has 2 aromatic carbocycles. The average molecular weight is 409 g/mol. The summed E-state index contributed by atoms with van der Waals surface area (Å²) in [7, 11) is 0. The van der Waals surface area contributed by atoms with Gasteiger partial charge < -0.3 is 9.32 Å². The summed E-state index contributed by atoms with van der Waals surface area (Å²) >= 11 is 1.66. The molecule has 1 aliphatic heterocycles. The highest BCUT2D eigenvalue weighted by Gasteiger charge is 2.17. The number of aryl methyl sites for hydroxylation is 1. The molecule has 152 valence electrons. The summed E-state index contributed by atoms with van der Waals surface area (Å²) in [4.78, 5) is 5.11. The average Bonchev–Trinajstić information content (AvgIpc) is 3.22. The largest absolute Gasteiger partial charge is 0.411 e. The van der Waals surface area contributed by atoms with E-state index in [-0.39, 0.29) is 0 Å². The molecule has 0 unspecified atom stereocenters. The zero-order valence-electron chi connectivity index (χ0n) is 17.0. The van der Waals surface area contributed by atoms with Gasteiger partial charge in [0.05, 0.1) is 0 Å². The Bertz CT molecular complexity index is 891. The van der Waals surface area contributed by atoms with Gasteiger partial charge in [0.15, 0.2) is 0 Å². The van der Waals surface area contributed by atoms with E-state index >= 15 is 0 Å². The van der Waals surface area contributed by atoms with Crippen molar-refractivity contribution in [1.82, 2.24) is 20.0 Å². The van der Waals surface area contributed by atoms with Gasteiger partial charge in [-0.3, -0.25) is 4.90 Å². The van der Waals surface area contributed by atoms with Crippen molar-refractivity contribution in [3.05, 3.63) is 65.7 Å². The maximum Gasteiger partial charge on any atom is 0.276 e. The van der Waals surface area contributed by atoms with Crippen LogP contribution in [0.4, 0.5) is 0 Å². The fourth-order valence-electron chi connectivity index (χ4n) is 3.65. The molecule has 1 aliphatic rings. The number of hydrogen-bond donors (Lipinski definition) is 0. The van der Waals surface area contributed by atoms with Crippen molar-refractivity contribution in [1.29, 1.82) is 0 Å². The highest BCUT2D eigenvalue weighted by molar-refractivity contribution is 7.99. The SMILES string of the molecule is Cc1ccccc1-c1nnc(SCCCN2CCN(Cc3ccccc3)CC2)o1. The van der Waals surface area contributed by atoms with Gasteiger partial charge in [-0.15, -0.1) is 10.2 Å². The minimum Gasteiger partial charge on any atom is -0.411 e. The molecule has 0 saturated carbocycles. The standard InChI is InChI=1S/C23H28N4OS/c1-19-8-5-6-11-21(19)22-24-25-23(28-22)29-17-7-12-26-13-15-27(16-14-26)18-20-9-3-2-4-10-20/h2-6,8-11H,7,12-18H2,1H3. The molecule has 0 bridgehead atoms. The van der Waals surface area contributed by atoms with Crippen molar-refractivity contribution < 1.29 is 4.42 Å². The molecule has 0 aliphatic carbocycles. The Kier molecular flexibility index (Phi) is 6.98. The van der Waals surface area contributed by atoms with Crippen LogP contribution in [0.3, 0.4) is 0 Å². The van der Waals surface area contributed by atoms with Crippen LogP contribution in [0.1, 0.15) is 17.5 Å². The number of piperazine rings is 1. The van der Waals surface area contributed by atoms with Gasteiger partial charge in [0, 0.05) is 44.0 Å². The Labute approximate surface area is 177 Å². The van der Waals surface area contributed by atoms with Crippen LogP contribution in [0, 0.1) is 6.92 Å². The van der Waals surface area contributed by atoms with Gasteiger partial charge >= 0.3 is 0 Å². The van der Waals surface area contributed by atoms with Gasteiger partial charge in [0.2, 0.25) is 5.89 Å². The summed E-state index contributed by atoms with van der Waals surface area (Å²) in [6.07, 6.45) is 1.13. The maximum atomic E-state index is 5.83. The molecule has 0 amide bonds. The number of hydrogen-bond acceptors (Lipinski definition) is 6. The topological polar surface area (TPSA) is 45.4 Å². The first kappa shape index (κ1) is 20.1. The van der Waals surface area contributed by atoms with Crippen molar-refractivity contribution in [2.45, 2.75) is 25.1 Å². The normalized spacial score (nSPS) is 15.6. The number of benzene rings is 2. The molecular formula is C23H28N4OS. The van der Waals surface area contributed by atoms with Gasteiger partial charge in [-0.1, -0.05) is 60.3 Å². The van der Waals surface area contributed by atoms with Crippen molar-refractivity contribution in [2.24, 2.45) is 0 Å². The maximum absolute atomic E-state index is 5.83. The van der Waals surface area contributed by atoms with Crippen molar-refractivity contribution in [2.75, 3.05) is 38.5 Å². The van der Waals surface area contributed by atoms with E-state index in [9.17, 15) is 0 Å². The third-order valence-corrected chi connectivity index (χ3v) is 6.24. The van der Waals surface area contributed by atoms with Crippen molar-refractivity contribution >= 4 is 11.8 Å². The molecule has 5 nitrogen and oxygen atoms in total. The molecule has 1 fully saturated rings. The third-order valence-electron chi connectivity index (χ3n) is 5.34. The summed E-state index contributed by atoms with van der Waals surface area (Å²) < 4.78 is 5.83. The number of nitrogens with zero attached hydrogens (tertiary/aromatic N) is 4. The second-order valence-electron chi connectivity index (χ2n) is 7.49. The van der Waals surface area contributed by atoms with E-state index in [4.69, 9.17) is 4.42 Å². The Morgan fingerprint density at radius 3 is 2.41 bits per heavy atom. The van der Waals surface area contributed by atoms with Crippen LogP contribution >= 0.6 is 11.8 Å². The molecule has 3 aromatic rings. The summed E-state index contributed by atoms with van der Waals surface area (Å²) in [5.41, 5.74) is 3.57. The van der Waals surface area contributed by atoms with Crippen LogP contribution in [0.15, 0.2) is 64.2 Å². The smallest absolute Gasteiger partial charge is 0.276 e. The molecule has 0 radical (unpaired) electrons. The Hall–Kier alpha value is -2.15. The molecule has 0 spiro atoms. The fourth-order valence-corrected chi connectivity index (χ4v) is 4.33. The summed E-state index contributed by atoms with van der Waals surface area (Å²) in [6, 6.07) is 18.9. The van der Waals surface area contributed by atoms with Crippen LogP contribution < -0.4 is 0 Å². The Balaban J connectivity index is 1.15. The zero-order valence-corrected chi connectivity index (χ0v) is 17.8. The van der Waals surface area contributed by atoms with E-state index in [2.05, 4.69) is 63.3 Å². The number of rotatable bonds is 8. The number of thioether (sulfide) groups is 1. The lowest BCUT2D eigenvalue weighted by Gasteiger charge is -2.34. The first-order valence-electron chi connectivity index (χ1n) is 10.3. The predicted octanol–water partition coefficient (Wildman–Crippen LogP) is 4.35. The molecule has 1 aromatic heterocycles. The second-order valence-corrected chi connectivity index (χ2v) is 8.54. The van der Waals surface area contributed by atoms with E-state index in [1.54, 1.807) is 11.8 Å². The lowest BCUT2D eigenvalue weighted by Crippen LogP contribution is -2.46. The first-order chi connectivity index (χ1) is 14.3. The molecule has 1 saturated heterocycles. The predicted molar refractivity (Wildman–Crippen MR) is 118 cm³/mol. The Morgan fingerprint density at radius 1 is 0.897 bits per heavy atom. The summed E-state index contributed by atoms with van der Waals surface area (Å²) in [5, 5.41) is 9.06. The van der Waals surface area contributed by atoms with Gasteiger partial charge in [-0.25, -0.2) is 0 Å². The van der Waals surface area contributed by atoms with E-state index in [0.717, 1.165) is 62.6 Å². The van der Waals surface area contributed by atoms with Crippen molar-refractivity contribution in [3.63, 3.8) is 0 Å². The molecule has 4 rings (SSSR count). The minimum atomic E-state index is 0.611. The van der Waals surface area contributed by atoms with Gasteiger partial charge in [0.25, 0.3) is 5.22 Å². The third kappa shape index (κ3) is 5.69. The van der Waals surface area contributed by atoms with Crippen LogP contribution in [0.5, 0.6) is 0 Å². The monoisotopic (exact) mass is 408 g/mol. The van der Waals surface area contributed by atoms with Crippen LogP contribution in [-0.4, -0.2) is 58.5 Å². The van der Waals surface area contributed by atoms with Gasteiger partial charge in [-0.2, -0.15) is 0 Å². The highest BCUT2D eigenvalue weighted by Crippen LogP contribution is 2.25. The molecule has 6 heteroatoms. The first-order valence-corrected chi connectivity index (χ1v) is 11.3. The molecular weight excluding hydrogens is 380 g/mol. The zero-order chi connectivity index (χ0) is 19.9. The van der Waals surface area contributed by atoms with Gasteiger partial charge in [0.1, 0.15) is 0 Å². The summed E-state index contributed by atoms with van der Waals surface area (Å²) in [6.45, 7) is 8.84. The van der Waals surface area contributed by atoms with E-state index in [1.807, 2.05) is 18.2 Å². The lowest BCUT2D eigenvalue weighted by molar-refractivity contribution is 0.127. The molecule has 29 heavy (non-hydrogen) atoms.